The number of pyridine rings is 1. The van der Waals surface area contributed by atoms with Crippen molar-refractivity contribution in [2.75, 3.05) is 30.8 Å². The quantitative estimate of drug-likeness (QED) is 0.425. The van der Waals surface area contributed by atoms with Gasteiger partial charge in [-0.25, -0.2) is 4.79 Å². The van der Waals surface area contributed by atoms with Gasteiger partial charge < -0.3 is 20.6 Å². The van der Waals surface area contributed by atoms with Crippen LogP contribution in [0, 0.1) is 10.1 Å². The highest BCUT2D eigenvalue weighted by atomic mass is 79.9. The number of amides is 1. The average Bonchev–Trinajstić information content (AvgIpc) is 2.74. The number of carboxylic acid groups (broad SMARTS) is 1. The maximum Gasteiger partial charge on any atom is 0.338 e. The number of carboxylic acids is 1. The van der Waals surface area contributed by atoms with Gasteiger partial charge in [0.2, 0.25) is 0 Å². The fraction of sp³-hybridized carbons (Fsp3) is 0.316. The highest BCUT2D eigenvalue weighted by Gasteiger charge is 2.29. The van der Waals surface area contributed by atoms with Gasteiger partial charge in [-0.1, -0.05) is 15.9 Å². The molecule has 2 heterocycles. The minimum atomic E-state index is -1.28. The lowest BCUT2D eigenvalue weighted by molar-refractivity contribution is -0.384. The molecule has 0 aliphatic carbocycles. The third kappa shape index (κ3) is 4.67. The summed E-state index contributed by atoms with van der Waals surface area (Å²) >= 11 is 3.12. The predicted octanol–water partition coefficient (Wildman–Crippen LogP) is 3.21. The minimum Gasteiger partial charge on any atom is -0.478 e. The maximum atomic E-state index is 12.9. The molecule has 2 aromatic rings. The van der Waals surface area contributed by atoms with Gasteiger partial charge in [0.15, 0.2) is 0 Å². The first kappa shape index (κ1) is 21.5. The van der Waals surface area contributed by atoms with Crippen LogP contribution in [0.25, 0.3) is 0 Å². The molecule has 1 aliphatic heterocycles. The summed E-state index contributed by atoms with van der Waals surface area (Å²) in [7, 11) is 1.73. The molecule has 1 aromatic carbocycles. The molecule has 1 fully saturated rings. The van der Waals surface area contributed by atoms with E-state index in [-0.39, 0.29) is 35.4 Å². The number of halogens is 1. The third-order valence-corrected chi connectivity index (χ3v) is 5.30. The number of hydrogen-bond acceptors (Lipinski definition) is 7. The molecule has 3 N–H and O–H groups in total. The van der Waals surface area contributed by atoms with Crippen molar-refractivity contribution >= 4 is 44.9 Å². The lowest BCUT2D eigenvalue weighted by Gasteiger charge is -2.34. The largest absolute Gasteiger partial charge is 0.478 e. The van der Waals surface area contributed by atoms with E-state index in [0.717, 1.165) is 0 Å². The number of nitro groups is 1. The molecular formula is C19H20BrN5O5. The average molecular weight is 478 g/mol. The topological polar surface area (TPSA) is 138 Å². The van der Waals surface area contributed by atoms with Crippen LogP contribution in [-0.4, -0.2) is 58.0 Å². The summed E-state index contributed by atoms with van der Waals surface area (Å²) in [6.45, 7) is 0.823. The summed E-state index contributed by atoms with van der Waals surface area (Å²) in [6.07, 6.45) is 4.42. The highest BCUT2D eigenvalue weighted by Crippen LogP contribution is 2.34. The summed E-state index contributed by atoms with van der Waals surface area (Å²) < 4.78 is 0.300. The number of nitro benzene ring substituents is 1. The van der Waals surface area contributed by atoms with Crippen molar-refractivity contribution in [3.05, 3.63) is 56.3 Å². The van der Waals surface area contributed by atoms with Gasteiger partial charge in [-0.05, 0) is 25.0 Å². The van der Waals surface area contributed by atoms with Crippen molar-refractivity contribution in [3.8, 4) is 0 Å². The van der Waals surface area contributed by atoms with E-state index in [0.29, 0.717) is 35.1 Å². The monoisotopic (exact) mass is 477 g/mol. The van der Waals surface area contributed by atoms with E-state index in [1.807, 2.05) is 0 Å². The van der Waals surface area contributed by atoms with Crippen molar-refractivity contribution < 1.29 is 19.6 Å². The summed E-state index contributed by atoms with van der Waals surface area (Å²) in [4.78, 5) is 41.1. The van der Waals surface area contributed by atoms with Gasteiger partial charge >= 0.3 is 5.97 Å². The molecule has 1 atom stereocenters. The molecule has 11 heteroatoms. The van der Waals surface area contributed by atoms with Gasteiger partial charge in [0.25, 0.3) is 11.6 Å². The Morgan fingerprint density at radius 3 is 2.77 bits per heavy atom. The van der Waals surface area contributed by atoms with Crippen LogP contribution in [0.15, 0.2) is 35.1 Å². The van der Waals surface area contributed by atoms with Crippen LogP contribution < -0.4 is 10.6 Å². The molecule has 0 saturated carbocycles. The zero-order valence-electron chi connectivity index (χ0n) is 16.1. The first-order valence-electron chi connectivity index (χ1n) is 9.20. The molecule has 158 valence electrons. The van der Waals surface area contributed by atoms with E-state index in [1.54, 1.807) is 24.2 Å². The van der Waals surface area contributed by atoms with Gasteiger partial charge in [0, 0.05) is 49.1 Å². The van der Waals surface area contributed by atoms with Crippen molar-refractivity contribution in [1.82, 2.24) is 9.88 Å². The molecule has 1 aliphatic rings. The smallest absolute Gasteiger partial charge is 0.338 e. The van der Waals surface area contributed by atoms with E-state index in [9.17, 15) is 24.8 Å². The summed E-state index contributed by atoms with van der Waals surface area (Å²) in [5.74, 6) is -1.48. The van der Waals surface area contributed by atoms with Crippen LogP contribution in [-0.2, 0) is 0 Å². The van der Waals surface area contributed by atoms with E-state index < -0.39 is 10.9 Å². The Labute approximate surface area is 180 Å². The molecule has 0 radical (unpaired) electrons. The Hall–Kier alpha value is -3.21. The Morgan fingerprint density at radius 2 is 2.10 bits per heavy atom. The summed E-state index contributed by atoms with van der Waals surface area (Å²) in [5, 5.41) is 26.9. The van der Waals surface area contributed by atoms with Gasteiger partial charge in [-0.2, -0.15) is 0 Å². The number of aromatic carboxylic acids is 1. The Kier molecular flexibility index (Phi) is 6.50. The van der Waals surface area contributed by atoms with Gasteiger partial charge in [-0.3, -0.25) is 19.9 Å². The van der Waals surface area contributed by atoms with Crippen LogP contribution >= 0.6 is 15.9 Å². The fourth-order valence-corrected chi connectivity index (χ4v) is 3.86. The van der Waals surface area contributed by atoms with Crippen LogP contribution in [0.3, 0.4) is 0 Å². The number of benzene rings is 1. The lowest BCUT2D eigenvalue weighted by Crippen LogP contribution is -2.45. The number of carbonyl (C=O) groups is 2. The van der Waals surface area contributed by atoms with E-state index in [2.05, 4.69) is 31.5 Å². The lowest BCUT2D eigenvalue weighted by atomic mass is 10.0. The van der Waals surface area contributed by atoms with Gasteiger partial charge in [0.05, 0.1) is 21.7 Å². The standard InChI is InChI=1S/C19H20BrN5O5/c1-21-14-5-11(8-22-9-14)18(26)24-4-2-3-13(10-24)23-17-15(19(27)28)6-12(20)7-16(17)25(29)30/h5-9,13,21,23H,2-4,10H2,1H3,(H,27,28). The SMILES string of the molecule is CNc1cncc(C(=O)N2CCCC(Nc3c(C(=O)O)cc(Br)cc3[N+](=O)[O-])C2)c1. The second-order valence-corrected chi connectivity index (χ2v) is 7.77. The zero-order chi connectivity index (χ0) is 21.8. The Morgan fingerprint density at radius 1 is 1.33 bits per heavy atom. The number of likely N-dealkylation sites (tertiary alicyclic amines) is 1. The number of carbonyl (C=O) groups excluding carboxylic acids is 1. The normalized spacial score (nSPS) is 16.1. The molecule has 1 saturated heterocycles. The molecule has 30 heavy (non-hydrogen) atoms. The van der Waals surface area contributed by atoms with Crippen LogP contribution in [0.2, 0.25) is 0 Å². The fourth-order valence-electron chi connectivity index (χ4n) is 3.42. The van der Waals surface area contributed by atoms with Crippen LogP contribution in [0.5, 0.6) is 0 Å². The number of anilines is 2. The van der Waals surface area contributed by atoms with E-state index in [1.165, 1.54) is 18.3 Å². The number of nitrogens with zero attached hydrogens (tertiary/aromatic N) is 3. The molecule has 3 rings (SSSR count). The van der Waals surface area contributed by atoms with Crippen LogP contribution in [0.1, 0.15) is 33.6 Å². The van der Waals surface area contributed by atoms with Crippen molar-refractivity contribution in [1.29, 1.82) is 0 Å². The van der Waals surface area contributed by atoms with Gasteiger partial charge in [0.1, 0.15) is 5.69 Å². The Bertz CT molecular complexity index is 964. The number of nitrogens with one attached hydrogen (secondary N) is 2. The third-order valence-electron chi connectivity index (χ3n) is 4.84. The summed E-state index contributed by atoms with van der Waals surface area (Å²) in [6, 6.07) is 3.95. The second kappa shape index (κ2) is 9.08. The molecule has 10 nitrogen and oxygen atoms in total. The number of rotatable bonds is 6. The molecule has 0 spiro atoms. The minimum absolute atomic E-state index is 0.0613. The molecule has 1 unspecified atom stereocenters. The molecule has 0 bridgehead atoms. The number of piperidine rings is 1. The molecule has 1 amide bonds. The first-order valence-corrected chi connectivity index (χ1v) is 9.99. The molecular weight excluding hydrogens is 458 g/mol. The van der Waals surface area contributed by atoms with Gasteiger partial charge in [-0.15, -0.1) is 0 Å². The Balaban J connectivity index is 1.84. The molecule has 1 aromatic heterocycles. The maximum absolute atomic E-state index is 12.9. The second-order valence-electron chi connectivity index (χ2n) is 6.86. The number of hydrogen-bond donors (Lipinski definition) is 3. The zero-order valence-corrected chi connectivity index (χ0v) is 17.7. The highest BCUT2D eigenvalue weighted by molar-refractivity contribution is 9.10. The van der Waals surface area contributed by atoms with E-state index >= 15 is 0 Å². The van der Waals surface area contributed by atoms with Crippen molar-refractivity contribution in [3.63, 3.8) is 0 Å². The van der Waals surface area contributed by atoms with Crippen molar-refractivity contribution in [2.45, 2.75) is 18.9 Å². The summed E-state index contributed by atoms with van der Waals surface area (Å²) in [5.41, 5.74) is 0.544. The van der Waals surface area contributed by atoms with Crippen molar-refractivity contribution in [2.24, 2.45) is 0 Å². The number of aromatic nitrogens is 1. The first-order chi connectivity index (χ1) is 14.3. The van der Waals surface area contributed by atoms with Crippen LogP contribution in [0.4, 0.5) is 17.1 Å². The van der Waals surface area contributed by atoms with E-state index in [4.69, 9.17) is 0 Å². The predicted molar refractivity (Wildman–Crippen MR) is 114 cm³/mol.